The van der Waals surface area contributed by atoms with Crippen LogP contribution in [0, 0.1) is 12.7 Å². The van der Waals surface area contributed by atoms with Crippen molar-refractivity contribution in [2.45, 2.75) is 6.92 Å². The molecule has 3 nitrogen and oxygen atoms in total. The van der Waals surface area contributed by atoms with Crippen LogP contribution < -0.4 is 5.32 Å². The summed E-state index contributed by atoms with van der Waals surface area (Å²) in [5.74, 6) is -0.674. The standard InChI is InChI=1S/C16H12BrFN2O/c1-9-6-12(17)13(18)7-15(9)20-16(21)11-8-19-14-5-3-2-4-10(11)14/h2-8,19H,1H3,(H,20,21). The van der Waals surface area contributed by atoms with Crippen LogP contribution in [0.4, 0.5) is 10.1 Å². The minimum absolute atomic E-state index is 0.266. The summed E-state index contributed by atoms with van der Waals surface area (Å²) in [5, 5.41) is 3.59. The Kier molecular flexibility index (Phi) is 3.51. The van der Waals surface area contributed by atoms with Crippen molar-refractivity contribution in [1.29, 1.82) is 0 Å². The molecule has 21 heavy (non-hydrogen) atoms. The smallest absolute Gasteiger partial charge is 0.257 e. The van der Waals surface area contributed by atoms with Crippen molar-refractivity contribution in [1.82, 2.24) is 4.98 Å². The summed E-state index contributed by atoms with van der Waals surface area (Å²) in [6.45, 7) is 1.81. The molecule has 1 heterocycles. The molecule has 0 aliphatic rings. The average molecular weight is 347 g/mol. The number of hydrogen-bond donors (Lipinski definition) is 2. The third-order valence-electron chi connectivity index (χ3n) is 3.35. The van der Waals surface area contributed by atoms with E-state index >= 15 is 0 Å². The van der Waals surface area contributed by atoms with Gasteiger partial charge in [0.15, 0.2) is 0 Å². The van der Waals surface area contributed by atoms with Gasteiger partial charge in [0.1, 0.15) is 5.82 Å². The number of carbonyl (C=O) groups is 1. The minimum atomic E-state index is -0.408. The first-order valence-electron chi connectivity index (χ1n) is 6.39. The Morgan fingerprint density at radius 2 is 2.05 bits per heavy atom. The fraction of sp³-hybridized carbons (Fsp3) is 0.0625. The predicted molar refractivity (Wildman–Crippen MR) is 85.1 cm³/mol. The molecule has 0 fully saturated rings. The van der Waals surface area contributed by atoms with E-state index in [-0.39, 0.29) is 5.91 Å². The van der Waals surface area contributed by atoms with Crippen molar-refractivity contribution in [3.63, 3.8) is 0 Å². The molecular weight excluding hydrogens is 335 g/mol. The Labute approximate surface area is 129 Å². The monoisotopic (exact) mass is 346 g/mol. The van der Waals surface area contributed by atoms with Crippen LogP contribution in [0.5, 0.6) is 0 Å². The summed E-state index contributed by atoms with van der Waals surface area (Å²) in [5.41, 5.74) is 2.68. The lowest BCUT2D eigenvalue weighted by Gasteiger charge is -2.09. The predicted octanol–water partition coefficient (Wildman–Crippen LogP) is 4.63. The highest BCUT2D eigenvalue weighted by Gasteiger charge is 2.14. The Balaban J connectivity index is 1.95. The maximum Gasteiger partial charge on any atom is 0.257 e. The number of amides is 1. The molecular formula is C16H12BrFN2O. The van der Waals surface area contributed by atoms with Gasteiger partial charge in [-0.05, 0) is 46.6 Å². The van der Waals surface area contributed by atoms with Gasteiger partial charge in [0, 0.05) is 22.8 Å². The van der Waals surface area contributed by atoms with Crippen LogP contribution in [0.2, 0.25) is 0 Å². The number of carbonyl (C=O) groups excluding carboxylic acids is 1. The number of rotatable bonds is 2. The Bertz CT molecular complexity index is 841. The number of anilines is 1. The molecule has 0 saturated heterocycles. The molecule has 0 radical (unpaired) electrons. The van der Waals surface area contributed by atoms with E-state index in [1.807, 2.05) is 31.2 Å². The number of halogens is 2. The summed E-state index contributed by atoms with van der Waals surface area (Å²) < 4.78 is 14.0. The van der Waals surface area contributed by atoms with E-state index < -0.39 is 5.82 Å². The van der Waals surface area contributed by atoms with Crippen molar-refractivity contribution in [3.05, 3.63) is 64.0 Å². The number of fused-ring (bicyclic) bond motifs is 1. The SMILES string of the molecule is Cc1cc(Br)c(F)cc1NC(=O)c1c[nH]c2ccccc12. The van der Waals surface area contributed by atoms with Gasteiger partial charge in [-0.3, -0.25) is 4.79 Å². The van der Waals surface area contributed by atoms with Gasteiger partial charge in [-0.2, -0.15) is 0 Å². The van der Waals surface area contributed by atoms with Gasteiger partial charge in [-0.1, -0.05) is 18.2 Å². The summed E-state index contributed by atoms with van der Waals surface area (Å²) in [6, 6.07) is 10.5. The first kappa shape index (κ1) is 13.8. The number of benzene rings is 2. The van der Waals surface area contributed by atoms with E-state index in [9.17, 15) is 9.18 Å². The molecule has 1 amide bonds. The zero-order valence-corrected chi connectivity index (χ0v) is 12.8. The fourth-order valence-electron chi connectivity index (χ4n) is 2.23. The van der Waals surface area contributed by atoms with E-state index in [1.54, 1.807) is 12.3 Å². The normalized spacial score (nSPS) is 10.8. The van der Waals surface area contributed by atoms with Crippen LogP contribution in [0.3, 0.4) is 0 Å². The molecule has 0 unspecified atom stereocenters. The highest BCUT2D eigenvalue weighted by molar-refractivity contribution is 9.10. The summed E-state index contributed by atoms with van der Waals surface area (Å²) in [7, 11) is 0. The lowest BCUT2D eigenvalue weighted by molar-refractivity contribution is 0.102. The molecule has 1 aromatic heterocycles. The highest BCUT2D eigenvalue weighted by Crippen LogP contribution is 2.25. The maximum absolute atomic E-state index is 13.6. The Morgan fingerprint density at radius 1 is 1.29 bits per heavy atom. The zero-order chi connectivity index (χ0) is 15.0. The summed E-state index contributed by atoms with van der Waals surface area (Å²) >= 11 is 3.12. The molecule has 0 aliphatic carbocycles. The number of para-hydroxylation sites is 1. The molecule has 2 N–H and O–H groups in total. The van der Waals surface area contributed by atoms with Crippen molar-refractivity contribution < 1.29 is 9.18 Å². The molecule has 0 aliphatic heterocycles. The topological polar surface area (TPSA) is 44.9 Å². The third kappa shape index (κ3) is 2.56. The molecule has 2 aromatic carbocycles. The van der Waals surface area contributed by atoms with Crippen LogP contribution in [0.15, 0.2) is 47.1 Å². The Hall–Kier alpha value is -2.14. The first-order chi connectivity index (χ1) is 10.1. The largest absolute Gasteiger partial charge is 0.360 e. The second kappa shape index (κ2) is 5.33. The van der Waals surface area contributed by atoms with Crippen LogP contribution in [0.25, 0.3) is 10.9 Å². The average Bonchev–Trinajstić information content (AvgIpc) is 2.88. The van der Waals surface area contributed by atoms with Crippen molar-refractivity contribution >= 4 is 38.4 Å². The van der Waals surface area contributed by atoms with Crippen LogP contribution in [-0.4, -0.2) is 10.9 Å². The maximum atomic E-state index is 13.6. The number of aromatic nitrogens is 1. The molecule has 5 heteroatoms. The van der Waals surface area contributed by atoms with Gasteiger partial charge < -0.3 is 10.3 Å². The first-order valence-corrected chi connectivity index (χ1v) is 7.18. The zero-order valence-electron chi connectivity index (χ0n) is 11.2. The van der Waals surface area contributed by atoms with Crippen molar-refractivity contribution in [2.75, 3.05) is 5.32 Å². The fourth-order valence-corrected chi connectivity index (χ4v) is 2.69. The van der Waals surface area contributed by atoms with E-state index in [2.05, 4.69) is 26.2 Å². The van der Waals surface area contributed by atoms with Crippen LogP contribution >= 0.6 is 15.9 Å². The van der Waals surface area contributed by atoms with E-state index in [1.165, 1.54) is 6.07 Å². The summed E-state index contributed by atoms with van der Waals surface area (Å²) in [4.78, 5) is 15.4. The van der Waals surface area contributed by atoms with Gasteiger partial charge in [-0.15, -0.1) is 0 Å². The number of H-pyrrole nitrogens is 1. The van der Waals surface area contributed by atoms with Crippen molar-refractivity contribution in [2.24, 2.45) is 0 Å². The van der Waals surface area contributed by atoms with Gasteiger partial charge in [0.25, 0.3) is 5.91 Å². The number of aromatic amines is 1. The van der Waals surface area contributed by atoms with E-state index in [0.29, 0.717) is 15.7 Å². The molecule has 3 aromatic rings. The lowest BCUT2D eigenvalue weighted by Crippen LogP contribution is -2.12. The van der Waals surface area contributed by atoms with Crippen LogP contribution in [0.1, 0.15) is 15.9 Å². The number of aryl methyl sites for hydroxylation is 1. The molecule has 0 atom stereocenters. The quantitative estimate of drug-likeness (QED) is 0.698. The van der Waals surface area contributed by atoms with Crippen LogP contribution in [-0.2, 0) is 0 Å². The molecule has 0 saturated carbocycles. The lowest BCUT2D eigenvalue weighted by atomic mass is 10.1. The second-order valence-corrected chi connectivity index (χ2v) is 5.64. The van der Waals surface area contributed by atoms with E-state index in [4.69, 9.17) is 0 Å². The molecule has 3 rings (SSSR count). The molecule has 106 valence electrons. The highest BCUT2D eigenvalue weighted by atomic mass is 79.9. The van der Waals surface area contributed by atoms with Crippen molar-refractivity contribution in [3.8, 4) is 0 Å². The van der Waals surface area contributed by atoms with E-state index in [0.717, 1.165) is 16.5 Å². The van der Waals surface area contributed by atoms with Gasteiger partial charge in [-0.25, -0.2) is 4.39 Å². The number of nitrogens with one attached hydrogen (secondary N) is 2. The minimum Gasteiger partial charge on any atom is -0.360 e. The molecule has 0 bridgehead atoms. The number of hydrogen-bond acceptors (Lipinski definition) is 1. The summed E-state index contributed by atoms with van der Waals surface area (Å²) in [6.07, 6.45) is 1.66. The second-order valence-electron chi connectivity index (χ2n) is 4.78. The Morgan fingerprint density at radius 3 is 2.86 bits per heavy atom. The van der Waals surface area contributed by atoms with Gasteiger partial charge >= 0.3 is 0 Å². The van der Waals surface area contributed by atoms with Gasteiger partial charge in [0.2, 0.25) is 0 Å². The third-order valence-corrected chi connectivity index (χ3v) is 3.96. The van der Waals surface area contributed by atoms with Gasteiger partial charge in [0.05, 0.1) is 10.0 Å². The molecule has 0 spiro atoms.